The Morgan fingerprint density at radius 1 is 1.26 bits per heavy atom. The van der Waals surface area contributed by atoms with Gasteiger partial charge in [-0.1, -0.05) is 25.1 Å². The van der Waals surface area contributed by atoms with Gasteiger partial charge in [0.25, 0.3) is 0 Å². The normalized spacial score (nSPS) is 12.9. The highest BCUT2D eigenvalue weighted by molar-refractivity contribution is 7.88. The molecule has 0 aliphatic carbocycles. The third kappa shape index (κ3) is 4.71. The van der Waals surface area contributed by atoms with Crippen molar-refractivity contribution in [3.05, 3.63) is 29.8 Å². The predicted molar refractivity (Wildman–Crippen MR) is 66.8 cm³/mol. The van der Waals surface area contributed by atoms with Crippen molar-refractivity contribution in [3.63, 3.8) is 0 Å². The van der Waals surface area contributed by atoms with Gasteiger partial charge in [0, 0.05) is 12.2 Å². The fourth-order valence-electron chi connectivity index (χ4n) is 1.56. The van der Waals surface area contributed by atoms with E-state index in [2.05, 4.69) is 0 Å². The zero-order valence-corrected chi connectivity index (χ0v) is 11.1. The number of alkyl halides is 3. The van der Waals surface area contributed by atoms with Gasteiger partial charge in [0.2, 0.25) is 10.0 Å². The topological polar surface area (TPSA) is 63.4 Å². The standard InChI is InChI=1S/C11H15F3N2O2S/c1-2-16(8-11(12,13)14)19(17,18)7-9-5-3-4-6-10(9)15/h3-6H,2,7-8,15H2,1H3. The lowest BCUT2D eigenvalue weighted by molar-refractivity contribution is -0.135. The van der Waals surface area contributed by atoms with Gasteiger partial charge in [-0.05, 0) is 11.6 Å². The van der Waals surface area contributed by atoms with Crippen LogP contribution < -0.4 is 5.73 Å². The first-order valence-corrected chi connectivity index (χ1v) is 7.14. The van der Waals surface area contributed by atoms with E-state index in [4.69, 9.17) is 5.73 Å². The zero-order chi connectivity index (χ0) is 14.7. The number of anilines is 1. The highest BCUT2D eigenvalue weighted by Gasteiger charge is 2.35. The van der Waals surface area contributed by atoms with Crippen LogP contribution in [-0.2, 0) is 15.8 Å². The first-order chi connectivity index (χ1) is 8.65. The van der Waals surface area contributed by atoms with Crippen LogP contribution in [0.3, 0.4) is 0 Å². The van der Waals surface area contributed by atoms with Crippen molar-refractivity contribution in [3.8, 4) is 0 Å². The Balaban J connectivity index is 2.94. The van der Waals surface area contributed by atoms with Gasteiger partial charge in [-0.25, -0.2) is 8.42 Å². The van der Waals surface area contributed by atoms with Gasteiger partial charge in [0.05, 0.1) is 5.75 Å². The average molecular weight is 296 g/mol. The molecule has 1 aromatic rings. The number of benzene rings is 1. The second kappa shape index (κ2) is 5.79. The summed E-state index contributed by atoms with van der Waals surface area (Å²) in [6.45, 7) is -0.370. The van der Waals surface area contributed by atoms with E-state index in [9.17, 15) is 21.6 Å². The maximum atomic E-state index is 12.3. The van der Waals surface area contributed by atoms with Crippen molar-refractivity contribution < 1.29 is 21.6 Å². The Hall–Kier alpha value is -1.28. The van der Waals surface area contributed by atoms with Crippen molar-refractivity contribution in [2.24, 2.45) is 0 Å². The summed E-state index contributed by atoms with van der Waals surface area (Å²) in [5, 5.41) is 0. The smallest absolute Gasteiger partial charge is 0.398 e. The van der Waals surface area contributed by atoms with Crippen LogP contribution in [0.15, 0.2) is 24.3 Å². The molecule has 0 bridgehead atoms. The number of nitrogens with zero attached hydrogens (tertiary/aromatic N) is 1. The van der Waals surface area contributed by atoms with Gasteiger partial charge in [-0.3, -0.25) is 0 Å². The second-order valence-electron chi connectivity index (χ2n) is 4.00. The van der Waals surface area contributed by atoms with Crippen molar-refractivity contribution >= 4 is 15.7 Å². The predicted octanol–water partition coefficient (Wildman–Crippen LogP) is 1.98. The molecule has 0 aliphatic rings. The van der Waals surface area contributed by atoms with Gasteiger partial charge in [0.15, 0.2) is 0 Å². The van der Waals surface area contributed by atoms with Gasteiger partial charge in [-0.15, -0.1) is 0 Å². The SMILES string of the molecule is CCN(CC(F)(F)F)S(=O)(=O)Cc1ccccc1N. The number of para-hydroxylation sites is 1. The number of halogens is 3. The van der Waals surface area contributed by atoms with Crippen LogP contribution in [0.5, 0.6) is 0 Å². The van der Waals surface area contributed by atoms with Gasteiger partial charge in [-0.2, -0.15) is 17.5 Å². The maximum Gasteiger partial charge on any atom is 0.402 e. The molecule has 108 valence electrons. The molecular formula is C11H15F3N2O2S. The molecule has 0 aromatic heterocycles. The van der Waals surface area contributed by atoms with E-state index in [1.165, 1.54) is 19.1 Å². The van der Waals surface area contributed by atoms with Crippen molar-refractivity contribution in [1.29, 1.82) is 0 Å². The molecular weight excluding hydrogens is 281 g/mol. The molecule has 0 atom stereocenters. The molecule has 0 unspecified atom stereocenters. The molecule has 2 N–H and O–H groups in total. The van der Waals surface area contributed by atoms with E-state index >= 15 is 0 Å². The van der Waals surface area contributed by atoms with Crippen LogP contribution in [0.4, 0.5) is 18.9 Å². The summed E-state index contributed by atoms with van der Waals surface area (Å²) in [7, 11) is -4.05. The Kier molecular flexibility index (Phi) is 4.81. The molecule has 0 saturated carbocycles. The minimum absolute atomic E-state index is 0.241. The van der Waals surface area contributed by atoms with E-state index in [0.29, 0.717) is 9.87 Å². The third-order valence-electron chi connectivity index (χ3n) is 2.49. The number of rotatable bonds is 5. The first kappa shape index (κ1) is 15.8. The molecule has 0 heterocycles. The second-order valence-corrected chi connectivity index (χ2v) is 5.97. The highest BCUT2D eigenvalue weighted by Crippen LogP contribution is 2.21. The Morgan fingerprint density at radius 3 is 2.32 bits per heavy atom. The van der Waals surface area contributed by atoms with Crippen LogP contribution in [-0.4, -0.2) is 32.0 Å². The lowest BCUT2D eigenvalue weighted by Crippen LogP contribution is -2.39. The van der Waals surface area contributed by atoms with Gasteiger partial charge in [0.1, 0.15) is 6.54 Å². The number of hydrogen-bond acceptors (Lipinski definition) is 3. The van der Waals surface area contributed by atoms with Crippen molar-refractivity contribution in [1.82, 2.24) is 4.31 Å². The maximum absolute atomic E-state index is 12.3. The molecule has 0 radical (unpaired) electrons. The Labute approximate surface area is 110 Å². The summed E-state index contributed by atoms with van der Waals surface area (Å²) >= 11 is 0. The summed E-state index contributed by atoms with van der Waals surface area (Å²) in [6.07, 6.45) is -4.56. The van der Waals surface area contributed by atoms with Crippen molar-refractivity contribution in [2.75, 3.05) is 18.8 Å². The molecule has 0 amide bonds. The molecule has 4 nitrogen and oxygen atoms in total. The van der Waals surface area contributed by atoms with Crippen LogP contribution in [0.1, 0.15) is 12.5 Å². The summed E-state index contributed by atoms with van der Waals surface area (Å²) in [5.74, 6) is -0.538. The van der Waals surface area contributed by atoms with Crippen LogP contribution in [0.25, 0.3) is 0 Å². The van der Waals surface area contributed by atoms with Crippen LogP contribution in [0.2, 0.25) is 0 Å². The first-order valence-electron chi connectivity index (χ1n) is 5.53. The Bertz CT molecular complexity index is 529. The highest BCUT2D eigenvalue weighted by atomic mass is 32.2. The minimum Gasteiger partial charge on any atom is -0.398 e. The molecule has 19 heavy (non-hydrogen) atoms. The number of nitrogens with two attached hydrogens (primary N) is 1. The quantitative estimate of drug-likeness (QED) is 0.845. The average Bonchev–Trinajstić information content (AvgIpc) is 2.27. The minimum atomic E-state index is -4.56. The van der Waals surface area contributed by atoms with Crippen LogP contribution >= 0.6 is 0 Å². The Morgan fingerprint density at radius 2 is 1.84 bits per heavy atom. The summed E-state index contributed by atoms with van der Waals surface area (Å²) in [5.41, 5.74) is 6.13. The van der Waals surface area contributed by atoms with E-state index in [1.54, 1.807) is 12.1 Å². The molecule has 0 fully saturated rings. The van der Waals surface area contributed by atoms with Gasteiger partial charge < -0.3 is 5.73 Å². The van der Waals surface area contributed by atoms with Gasteiger partial charge >= 0.3 is 6.18 Å². The largest absolute Gasteiger partial charge is 0.402 e. The molecule has 0 saturated heterocycles. The summed E-state index contributed by atoms with van der Waals surface area (Å²) in [6, 6.07) is 6.19. The lowest BCUT2D eigenvalue weighted by Gasteiger charge is -2.22. The number of hydrogen-bond donors (Lipinski definition) is 1. The molecule has 1 rings (SSSR count). The zero-order valence-electron chi connectivity index (χ0n) is 10.3. The van der Waals surface area contributed by atoms with E-state index in [-0.39, 0.29) is 12.2 Å². The summed E-state index contributed by atoms with van der Waals surface area (Å²) in [4.78, 5) is 0. The van der Waals surface area contributed by atoms with Crippen LogP contribution in [0, 0.1) is 0 Å². The summed E-state index contributed by atoms with van der Waals surface area (Å²) < 4.78 is 61.2. The third-order valence-corrected chi connectivity index (χ3v) is 4.34. The lowest BCUT2D eigenvalue weighted by atomic mass is 10.2. The fraction of sp³-hybridized carbons (Fsp3) is 0.455. The molecule has 0 spiro atoms. The number of sulfonamides is 1. The molecule has 8 heteroatoms. The van der Waals surface area contributed by atoms with E-state index < -0.39 is 28.5 Å². The molecule has 0 aliphatic heterocycles. The molecule has 1 aromatic carbocycles. The van der Waals surface area contributed by atoms with E-state index in [1.807, 2.05) is 0 Å². The number of nitrogen functional groups attached to an aromatic ring is 1. The fourth-order valence-corrected chi connectivity index (χ4v) is 3.14. The van der Waals surface area contributed by atoms with E-state index in [0.717, 1.165) is 0 Å². The van der Waals surface area contributed by atoms with Crippen molar-refractivity contribution in [2.45, 2.75) is 18.9 Å². The monoisotopic (exact) mass is 296 g/mol.